The highest BCUT2D eigenvalue weighted by Crippen LogP contribution is 2.41. The minimum absolute atomic E-state index is 0.0421. The number of β-lactam (4-membered cyclic amide) rings is 1. The van der Waals surface area contributed by atoms with Crippen molar-refractivity contribution in [2.24, 2.45) is 0 Å². The molecular weight excluding hydrogens is 614 g/mol. The summed E-state index contributed by atoms with van der Waals surface area (Å²) in [7, 11) is -4.37. The third-order valence-electron chi connectivity index (χ3n) is 5.69. The largest absolute Gasteiger partial charge is 0.477 e. The van der Waals surface area contributed by atoms with Crippen molar-refractivity contribution >= 4 is 63.2 Å². The SMILES string of the molecule is CC(C)(C)OC(=O)Nc1ccccc1CC(=O)NC1C(=O)N2C(C(=O)O)=C(CSc3nnc(CS(=O)(=O)O)o3)CS[C@H]12. The second kappa shape index (κ2) is 12.3. The van der Waals surface area contributed by atoms with Crippen molar-refractivity contribution < 1.29 is 46.4 Å². The quantitative estimate of drug-likeness (QED) is 0.165. The topological polar surface area (TPSA) is 218 Å². The molecule has 226 valence electrons. The molecule has 2 aliphatic heterocycles. The van der Waals surface area contributed by atoms with Gasteiger partial charge in [-0.3, -0.25) is 24.4 Å². The molecule has 0 saturated carbocycles. The molecule has 2 aliphatic rings. The summed E-state index contributed by atoms with van der Waals surface area (Å²) in [6.45, 7) is 5.17. The number of anilines is 1. The lowest BCUT2D eigenvalue weighted by Crippen LogP contribution is -2.70. The number of hydrogen-bond donors (Lipinski definition) is 4. The van der Waals surface area contributed by atoms with Gasteiger partial charge in [-0.2, -0.15) is 8.42 Å². The first-order valence-corrected chi connectivity index (χ1v) is 15.9. The second-order valence-corrected chi connectivity index (χ2v) is 13.6. The number of para-hydroxylation sites is 1. The maximum Gasteiger partial charge on any atom is 0.412 e. The molecule has 0 spiro atoms. The van der Waals surface area contributed by atoms with Gasteiger partial charge in [0.05, 0.1) is 6.42 Å². The molecule has 1 saturated heterocycles. The van der Waals surface area contributed by atoms with E-state index < -0.39 is 56.8 Å². The maximum atomic E-state index is 13.0. The number of benzene rings is 1. The minimum atomic E-state index is -4.37. The molecule has 4 N–H and O–H groups in total. The van der Waals surface area contributed by atoms with Gasteiger partial charge in [0.2, 0.25) is 11.8 Å². The number of nitrogens with zero attached hydrogens (tertiary/aromatic N) is 3. The number of carbonyl (C=O) groups excluding carboxylic acids is 3. The van der Waals surface area contributed by atoms with Crippen LogP contribution in [0.25, 0.3) is 0 Å². The summed E-state index contributed by atoms with van der Waals surface area (Å²) in [4.78, 5) is 51.3. The van der Waals surface area contributed by atoms with E-state index >= 15 is 0 Å². The third-order valence-corrected chi connectivity index (χ3v) is 8.55. The van der Waals surface area contributed by atoms with E-state index in [0.717, 1.165) is 16.7 Å². The van der Waals surface area contributed by atoms with Crippen molar-refractivity contribution in [2.75, 3.05) is 16.8 Å². The smallest absolute Gasteiger partial charge is 0.412 e. The standard InChI is InChI=1S/C24H27N5O10S3/c1-24(2,3)39-22(34)25-14-7-5-4-6-12(14)8-15(30)26-17-19(31)29-18(21(32)33)13(9-40-20(17)29)10-41-23-28-27-16(38-23)11-42(35,36)37/h4-7,17,20H,8-11H2,1-3H3,(H,25,34)(H,26,30)(H,32,33)(H,35,36,37)/t17?,20-/m1/s1. The van der Waals surface area contributed by atoms with Crippen LogP contribution in [0.5, 0.6) is 0 Å². The van der Waals surface area contributed by atoms with Crippen LogP contribution in [0.15, 0.2) is 45.2 Å². The van der Waals surface area contributed by atoms with E-state index in [4.69, 9.17) is 13.7 Å². The van der Waals surface area contributed by atoms with Gasteiger partial charge in [0, 0.05) is 17.2 Å². The zero-order chi connectivity index (χ0) is 30.8. The third kappa shape index (κ3) is 7.81. The zero-order valence-electron chi connectivity index (χ0n) is 22.5. The molecule has 42 heavy (non-hydrogen) atoms. The number of carboxylic acid groups (broad SMARTS) is 1. The Kier molecular flexibility index (Phi) is 9.19. The van der Waals surface area contributed by atoms with E-state index in [9.17, 15) is 32.7 Å². The number of thioether (sulfide) groups is 2. The van der Waals surface area contributed by atoms with Gasteiger partial charge in [-0.1, -0.05) is 30.0 Å². The molecule has 0 bridgehead atoms. The highest BCUT2D eigenvalue weighted by molar-refractivity contribution is 8.01. The summed E-state index contributed by atoms with van der Waals surface area (Å²) in [6.07, 6.45) is -0.834. The summed E-state index contributed by atoms with van der Waals surface area (Å²) in [6, 6.07) is 5.71. The Morgan fingerprint density at radius 1 is 1.24 bits per heavy atom. The number of carbonyl (C=O) groups is 4. The van der Waals surface area contributed by atoms with Gasteiger partial charge in [-0.15, -0.1) is 22.0 Å². The Morgan fingerprint density at radius 2 is 1.95 bits per heavy atom. The van der Waals surface area contributed by atoms with E-state index in [1.165, 1.54) is 11.8 Å². The van der Waals surface area contributed by atoms with Crippen molar-refractivity contribution in [3.05, 3.63) is 47.0 Å². The molecule has 2 aromatic rings. The molecule has 0 aliphatic carbocycles. The fourth-order valence-electron chi connectivity index (χ4n) is 4.06. The van der Waals surface area contributed by atoms with Crippen molar-refractivity contribution in [1.29, 1.82) is 0 Å². The average Bonchev–Trinajstić information content (AvgIpc) is 3.30. The summed E-state index contributed by atoms with van der Waals surface area (Å²) in [5, 5.41) is 21.7. The van der Waals surface area contributed by atoms with Gasteiger partial charge in [-0.25, -0.2) is 9.59 Å². The average molecular weight is 642 g/mol. The highest BCUT2D eigenvalue weighted by Gasteiger charge is 2.54. The number of fused-ring (bicyclic) bond motifs is 1. The van der Waals surface area contributed by atoms with Gasteiger partial charge < -0.3 is 19.6 Å². The molecule has 4 rings (SSSR count). The molecule has 3 amide bonds. The van der Waals surface area contributed by atoms with Crippen molar-refractivity contribution in [1.82, 2.24) is 20.4 Å². The Labute approximate surface area is 248 Å². The molecular formula is C24H27N5O10S3. The van der Waals surface area contributed by atoms with Crippen molar-refractivity contribution in [3.63, 3.8) is 0 Å². The lowest BCUT2D eigenvalue weighted by atomic mass is 10.0. The molecule has 1 aromatic heterocycles. The van der Waals surface area contributed by atoms with Gasteiger partial charge in [0.25, 0.3) is 21.2 Å². The van der Waals surface area contributed by atoms with Gasteiger partial charge in [0.15, 0.2) is 5.75 Å². The van der Waals surface area contributed by atoms with Crippen LogP contribution in [0.1, 0.15) is 32.2 Å². The number of carboxylic acids is 1. The van der Waals surface area contributed by atoms with Gasteiger partial charge in [0.1, 0.15) is 22.7 Å². The Morgan fingerprint density at radius 3 is 2.62 bits per heavy atom. The van der Waals surface area contributed by atoms with Crippen molar-refractivity contribution in [3.8, 4) is 0 Å². The van der Waals surface area contributed by atoms with Gasteiger partial charge in [-0.05, 0) is 38.0 Å². The number of ether oxygens (including phenoxy) is 1. The van der Waals surface area contributed by atoms with E-state index in [1.54, 1.807) is 45.0 Å². The minimum Gasteiger partial charge on any atom is -0.477 e. The predicted octanol–water partition coefficient (Wildman–Crippen LogP) is 1.88. The molecule has 1 aromatic carbocycles. The fraction of sp³-hybridized carbons (Fsp3) is 0.417. The lowest BCUT2D eigenvalue weighted by Gasteiger charge is -2.49. The van der Waals surface area contributed by atoms with E-state index in [1.807, 2.05) is 0 Å². The van der Waals surface area contributed by atoms with Crippen LogP contribution in [0.3, 0.4) is 0 Å². The molecule has 1 unspecified atom stereocenters. The summed E-state index contributed by atoms with van der Waals surface area (Å²) >= 11 is 2.22. The maximum absolute atomic E-state index is 13.0. The number of aromatic nitrogens is 2. The van der Waals surface area contributed by atoms with E-state index in [-0.39, 0.29) is 34.7 Å². The molecule has 0 radical (unpaired) electrons. The molecule has 2 atom stereocenters. The first kappa shape index (κ1) is 31.3. The van der Waals surface area contributed by atoms with Crippen LogP contribution in [-0.2, 0) is 41.4 Å². The first-order chi connectivity index (χ1) is 19.6. The zero-order valence-corrected chi connectivity index (χ0v) is 25.0. The van der Waals surface area contributed by atoms with Gasteiger partial charge >= 0.3 is 12.1 Å². The number of rotatable bonds is 10. The lowest BCUT2D eigenvalue weighted by molar-refractivity contribution is -0.150. The van der Waals surface area contributed by atoms with Crippen LogP contribution in [0.4, 0.5) is 10.5 Å². The van der Waals surface area contributed by atoms with Crippen LogP contribution in [0, 0.1) is 0 Å². The van der Waals surface area contributed by atoms with Crippen LogP contribution >= 0.6 is 23.5 Å². The molecule has 3 heterocycles. The number of hydrogen-bond acceptors (Lipinski definition) is 12. The van der Waals surface area contributed by atoms with Crippen LogP contribution < -0.4 is 10.6 Å². The normalized spacial score (nSPS) is 18.7. The fourth-order valence-corrected chi connectivity index (χ4v) is 6.76. The van der Waals surface area contributed by atoms with Crippen molar-refractivity contribution in [2.45, 2.75) is 55.2 Å². The Hall–Kier alpha value is -3.61. The number of nitrogens with one attached hydrogen (secondary N) is 2. The molecule has 1 fully saturated rings. The number of aliphatic carboxylic acids is 1. The highest BCUT2D eigenvalue weighted by atomic mass is 32.2. The second-order valence-electron chi connectivity index (χ2n) is 10.1. The predicted molar refractivity (Wildman–Crippen MR) is 150 cm³/mol. The summed E-state index contributed by atoms with van der Waals surface area (Å²) in [5.41, 5.74) is 0.330. The van der Waals surface area contributed by atoms with E-state index in [2.05, 4.69) is 20.8 Å². The summed E-state index contributed by atoms with van der Waals surface area (Å²) in [5.74, 6) is -3.32. The Balaban J connectivity index is 1.39. The molecule has 18 heteroatoms. The Bertz CT molecular complexity index is 1550. The monoisotopic (exact) mass is 641 g/mol. The van der Waals surface area contributed by atoms with Crippen LogP contribution in [0.2, 0.25) is 0 Å². The van der Waals surface area contributed by atoms with E-state index in [0.29, 0.717) is 16.8 Å². The number of amides is 3. The summed E-state index contributed by atoms with van der Waals surface area (Å²) < 4.78 is 41.3. The molecule has 15 nitrogen and oxygen atoms in total. The first-order valence-electron chi connectivity index (χ1n) is 12.3. The van der Waals surface area contributed by atoms with Crippen LogP contribution in [-0.4, -0.2) is 85.6 Å².